The molecule has 0 saturated carbocycles. The highest BCUT2D eigenvalue weighted by Crippen LogP contribution is 2.42. The van der Waals surface area contributed by atoms with Crippen LogP contribution in [0.25, 0.3) is 0 Å². The molecule has 2 saturated heterocycles. The number of nitrogens with zero attached hydrogens (tertiary/aromatic N) is 1. The van der Waals surface area contributed by atoms with Gasteiger partial charge in [-0.3, -0.25) is 4.79 Å². The number of hydrogen-bond donors (Lipinski definition) is 0. The van der Waals surface area contributed by atoms with Gasteiger partial charge in [0.05, 0.1) is 17.6 Å². The third kappa shape index (κ3) is 2.35. The molecule has 5 nitrogen and oxygen atoms in total. The summed E-state index contributed by atoms with van der Waals surface area (Å²) in [5, 5.41) is -0.645. The molecule has 0 N–H and O–H groups in total. The predicted molar refractivity (Wildman–Crippen MR) is 78.3 cm³/mol. The number of rotatable bonds is 3. The molecule has 0 aromatic carbocycles. The maximum Gasteiger partial charge on any atom is 0.213 e. The van der Waals surface area contributed by atoms with Crippen LogP contribution < -0.4 is 4.74 Å². The lowest BCUT2D eigenvalue weighted by molar-refractivity contribution is 0.0904. The fourth-order valence-corrected chi connectivity index (χ4v) is 6.02. The number of ketones is 1. The summed E-state index contributed by atoms with van der Waals surface area (Å²) < 4.78 is 29.2. The summed E-state index contributed by atoms with van der Waals surface area (Å²) in [6, 6.07) is 1.74. The number of ether oxygens (including phenoxy) is 1. The van der Waals surface area contributed by atoms with Crippen molar-refractivity contribution in [3.8, 4) is 5.88 Å². The van der Waals surface area contributed by atoms with Crippen molar-refractivity contribution in [1.82, 2.24) is 4.98 Å². The Morgan fingerprint density at radius 1 is 1.29 bits per heavy atom. The lowest BCUT2D eigenvalue weighted by Crippen LogP contribution is -2.36. The molecule has 1 aromatic heterocycles. The Morgan fingerprint density at radius 2 is 1.90 bits per heavy atom. The SMILES string of the molecule is COc1cc(C)c(C(=O)C2CC3CCC(C2)S3(=O)=O)cn1. The van der Waals surface area contributed by atoms with Crippen molar-refractivity contribution in [2.75, 3.05) is 7.11 Å². The highest BCUT2D eigenvalue weighted by molar-refractivity contribution is 7.93. The molecule has 0 amide bonds. The largest absolute Gasteiger partial charge is 0.481 e. The minimum atomic E-state index is -2.99. The van der Waals surface area contributed by atoms with E-state index in [4.69, 9.17) is 4.74 Å². The first-order valence-electron chi connectivity index (χ1n) is 7.21. The van der Waals surface area contributed by atoms with E-state index in [1.807, 2.05) is 6.92 Å². The zero-order chi connectivity index (χ0) is 15.2. The molecule has 2 bridgehead atoms. The molecule has 0 radical (unpaired) electrons. The first-order chi connectivity index (χ1) is 9.93. The van der Waals surface area contributed by atoms with E-state index in [0.29, 0.717) is 37.1 Å². The quantitative estimate of drug-likeness (QED) is 0.798. The maximum absolute atomic E-state index is 12.7. The first-order valence-corrected chi connectivity index (χ1v) is 8.82. The smallest absolute Gasteiger partial charge is 0.213 e. The third-order valence-corrected chi connectivity index (χ3v) is 7.48. The van der Waals surface area contributed by atoms with Crippen LogP contribution in [0.15, 0.2) is 12.3 Å². The van der Waals surface area contributed by atoms with E-state index in [9.17, 15) is 13.2 Å². The minimum absolute atomic E-state index is 0.0226. The van der Waals surface area contributed by atoms with Crippen molar-refractivity contribution in [1.29, 1.82) is 0 Å². The van der Waals surface area contributed by atoms with Gasteiger partial charge in [0.1, 0.15) is 0 Å². The van der Waals surface area contributed by atoms with Crippen molar-refractivity contribution in [2.45, 2.75) is 43.1 Å². The number of hydrogen-bond acceptors (Lipinski definition) is 5. The number of Topliss-reactive ketones (excluding diaryl/α,β-unsaturated/α-hetero) is 1. The van der Waals surface area contributed by atoms with Crippen LogP contribution in [-0.4, -0.2) is 36.8 Å². The van der Waals surface area contributed by atoms with E-state index < -0.39 is 9.84 Å². The molecule has 114 valence electrons. The third-order valence-electron chi connectivity index (χ3n) is 4.77. The molecule has 2 fully saturated rings. The summed E-state index contributed by atoms with van der Waals surface area (Å²) in [5.41, 5.74) is 1.41. The number of aryl methyl sites for hydroxylation is 1. The van der Waals surface area contributed by atoms with Crippen LogP contribution in [0, 0.1) is 12.8 Å². The number of methoxy groups -OCH3 is 1. The molecule has 2 unspecified atom stereocenters. The van der Waals surface area contributed by atoms with Gasteiger partial charge in [0, 0.05) is 23.7 Å². The van der Waals surface area contributed by atoms with Gasteiger partial charge < -0.3 is 4.74 Å². The molecule has 2 aliphatic heterocycles. The number of carbonyl (C=O) groups excluding carboxylic acids is 1. The Hall–Kier alpha value is -1.43. The van der Waals surface area contributed by atoms with Crippen molar-refractivity contribution < 1.29 is 17.9 Å². The Kier molecular flexibility index (Phi) is 3.51. The van der Waals surface area contributed by atoms with Gasteiger partial charge in [-0.2, -0.15) is 0 Å². The maximum atomic E-state index is 12.7. The summed E-state index contributed by atoms with van der Waals surface area (Å²) >= 11 is 0. The molecule has 2 aliphatic rings. The van der Waals surface area contributed by atoms with Crippen molar-refractivity contribution in [3.05, 3.63) is 23.4 Å². The van der Waals surface area contributed by atoms with Crippen LogP contribution >= 0.6 is 0 Å². The number of carbonyl (C=O) groups is 1. The highest BCUT2D eigenvalue weighted by atomic mass is 32.2. The van der Waals surface area contributed by atoms with E-state index in [1.54, 1.807) is 12.3 Å². The van der Waals surface area contributed by atoms with E-state index in [-0.39, 0.29) is 22.2 Å². The van der Waals surface area contributed by atoms with Gasteiger partial charge in [-0.1, -0.05) is 0 Å². The van der Waals surface area contributed by atoms with Crippen molar-refractivity contribution >= 4 is 15.6 Å². The van der Waals surface area contributed by atoms with Crippen molar-refractivity contribution in [2.24, 2.45) is 5.92 Å². The van der Waals surface area contributed by atoms with Gasteiger partial charge in [-0.25, -0.2) is 13.4 Å². The molecule has 21 heavy (non-hydrogen) atoms. The lowest BCUT2D eigenvalue weighted by Gasteiger charge is -2.27. The second kappa shape index (κ2) is 5.09. The number of aromatic nitrogens is 1. The van der Waals surface area contributed by atoms with Gasteiger partial charge in [0.2, 0.25) is 5.88 Å². The summed E-state index contributed by atoms with van der Waals surface area (Å²) in [7, 11) is -1.45. The molecule has 1 aromatic rings. The average Bonchev–Trinajstić information content (AvgIpc) is 2.66. The second-order valence-electron chi connectivity index (χ2n) is 5.98. The van der Waals surface area contributed by atoms with Gasteiger partial charge in [-0.05, 0) is 38.2 Å². The van der Waals surface area contributed by atoms with E-state index in [0.717, 1.165) is 5.56 Å². The summed E-state index contributed by atoms with van der Waals surface area (Å²) in [5.74, 6) is 0.310. The molecule has 3 rings (SSSR count). The van der Waals surface area contributed by atoms with Crippen LogP contribution in [0.2, 0.25) is 0 Å². The second-order valence-corrected chi connectivity index (χ2v) is 8.50. The number of fused-ring (bicyclic) bond motifs is 2. The number of pyridine rings is 1. The summed E-state index contributed by atoms with van der Waals surface area (Å²) in [6.07, 6.45) is 3.88. The summed E-state index contributed by atoms with van der Waals surface area (Å²) in [6.45, 7) is 1.85. The lowest BCUT2D eigenvalue weighted by atomic mass is 9.89. The Bertz CT molecular complexity index is 663. The van der Waals surface area contributed by atoms with Crippen LogP contribution in [0.5, 0.6) is 5.88 Å². The molecule has 6 heteroatoms. The molecule has 2 atom stereocenters. The summed E-state index contributed by atoms with van der Waals surface area (Å²) in [4.78, 5) is 16.8. The monoisotopic (exact) mass is 309 g/mol. The molecule has 0 spiro atoms. The van der Waals surface area contributed by atoms with E-state index in [2.05, 4.69) is 4.98 Å². The highest BCUT2D eigenvalue weighted by Gasteiger charge is 2.48. The van der Waals surface area contributed by atoms with Crippen LogP contribution in [-0.2, 0) is 9.84 Å². The van der Waals surface area contributed by atoms with Gasteiger partial charge >= 0.3 is 0 Å². The zero-order valence-electron chi connectivity index (χ0n) is 12.2. The Labute approximate surface area is 124 Å². The Morgan fingerprint density at radius 3 is 2.43 bits per heavy atom. The fourth-order valence-electron chi connectivity index (χ4n) is 3.54. The van der Waals surface area contributed by atoms with E-state index in [1.165, 1.54) is 7.11 Å². The predicted octanol–water partition coefficient (Wildman–Crippen LogP) is 1.94. The minimum Gasteiger partial charge on any atom is -0.481 e. The van der Waals surface area contributed by atoms with Crippen LogP contribution in [0.3, 0.4) is 0 Å². The van der Waals surface area contributed by atoms with Crippen molar-refractivity contribution in [3.63, 3.8) is 0 Å². The Balaban J connectivity index is 1.84. The molecular weight excluding hydrogens is 290 g/mol. The molecule has 0 aliphatic carbocycles. The van der Waals surface area contributed by atoms with E-state index >= 15 is 0 Å². The normalized spacial score (nSPS) is 30.1. The topological polar surface area (TPSA) is 73.3 Å². The molecule has 3 heterocycles. The van der Waals surface area contributed by atoms with Gasteiger partial charge in [0.15, 0.2) is 15.6 Å². The standard InChI is InChI=1S/C15H19NO4S/c1-9-5-14(20-2)16-8-13(9)15(17)10-6-11-3-4-12(7-10)21(11,18)19/h5,8,10-12H,3-4,6-7H2,1-2H3. The van der Waals surface area contributed by atoms with Gasteiger partial charge in [-0.15, -0.1) is 0 Å². The molecular formula is C15H19NO4S. The van der Waals surface area contributed by atoms with Crippen LogP contribution in [0.4, 0.5) is 0 Å². The van der Waals surface area contributed by atoms with Gasteiger partial charge in [0.25, 0.3) is 0 Å². The average molecular weight is 309 g/mol. The first kappa shape index (κ1) is 14.5. The number of sulfone groups is 1. The van der Waals surface area contributed by atoms with Crippen LogP contribution in [0.1, 0.15) is 41.6 Å². The fraction of sp³-hybridized carbons (Fsp3) is 0.600. The zero-order valence-corrected chi connectivity index (χ0v) is 13.0.